The van der Waals surface area contributed by atoms with Gasteiger partial charge in [0.2, 0.25) is 0 Å². The third-order valence-corrected chi connectivity index (χ3v) is 5.64. The van der Waals surface area contributed by atoms with Crippen molar-refractivity contribution < 1.29 is 8.81 Å². The van der Waals surface area contributed by atoms with E-state index in [4.69, 9.17) is 4.42 Å². The molecule has 3 heterocycles. The fourth-order valence-corrected chi connectivity index (χ4v) is 4.26. The molecule has 1 fully saturated rings. The summed E-state index contributed by atoms with van der Waals surface area (Å²) in [4.78, 5) is 14.6. The molecule has 0 aliphatic carbocycles. The minimum Gasteiger partial charge on any atom is -0.423 e. The summed E-state index contributed by atoms with van der Waals surface area (Å²) >= 11 is 1.72. The van der Waals surface area contributed by atoms with Crippen molar-refractivity contribution in [3.63, 3.8) is 0 Å². The van der Waals surface area contributed by atoms with Crippen LogP contribution in [0.5, 0.6) is 0 Å². The predicted octanol–water partition coefficient (Wildman–Crippen LogP) is 3.69. The maximum Gasteiger partial charge on any atom is 0.298 e. The van der Waals surface area contributed by atoms with Crippen LogP contribution in [0, 0.1) is 18.7 Å². The number of oxazole rings is 1. The van der Waals surface area contributed by atoms with Gasteiger partial charge in [0.1, 0.15) is 11.3 Å². The monoisotopic (exact) mass is 360 g/mol. The SMILES string of the molecule is Cc1ncsc1CN(C)C[C@@H]1CCN(c2nc3cc(F)ccc3o2)C1. The summed E-state index contributed by atoms with van der Waals surface area (Å²) in [5, 5.41) is 0. The molecule has 0 amide bonds. The molecular weight excluding hydrogens is 339 g/mol. The Morgan fingerprint density at radius 3 is 3.12 bits per heavy atom. The minimum absolute atomic E-state index is 0.286. The molecule has 0 spiro atoms. The first-order valence-corrected chi connectivity index (χ1v) is 9.35. The van der Waals surface area contributed by atoms with Gasteiger partial charge >= 0.3 is 0 Å². The molecule has 1 saturated heterocycles. The highest BCUT2D eigenvalue weighted by Gasteiger charge is 2.27. The van der Waals surface area contributed by atoms with Gasteiger partial charge < -0.3 is 14.2 Å². The van der Waals surface area contributed by atoms with Crippen molar-refractivity contribution in [2.45, 2.75) is 19.9 Å². The van der Waals surface area contributed by atoms with Crippen LogP contribution in [0.25, 0.3) is 11.1 Å². The second kappa shape index (κ2) is 6.72. The van der Waals surface area contributed by atoms with Crippen LogP contribution in [0.3, 0.4) is 0 Å². The Kier molecular flexibility index (Phi) is 4.43. The number of benzene rings is 1. The lowest BCUT2D eigenvalue weighted by molar-refractivity contribution is 0.280. The Balaban J connectivity index is 1.38. The quantitative estimate of drug-likeness (QED) is 0.694. The van der Waals surface area contributed by atoms with E-state index in [-0.39, 0.29) is 5.82 Å². The predicted molar refractivity (Wildman–Crippen MR) is 97.5 cm³/mol. The normalized spacial score (nSPS) is 17.9. The first-order chi connectivity index (χ1) is 12.1. The highest BCUT2D eigenvalue weighted by atomic mass is 32.1. The van der Waals surface area contributed by atoms with Gasteiger partial charge in [0.05, 0.1) is 11.2 Å². The summed E-state index contributed by atoms with van der Waals surface area (Å²) in [7, 11) is 2.16. The smallest absolute Gasteiger partial charge is 0.298 e. The third-order valence-electron chi connectivity index (χ3n) is 4.72. The standard InChI is InChI=1S/C18H21FN4OS/c1-12-17(25-11-20-12)10-22(2)8-13-5-6-23(9-13)18-21-15-7-14(19)3-4-16(15)24-18/h3-4,7,11,13H,5-6,8-10H2,1-2H3/t13-/m0/s1. The van der Waals surface area contributed by atoms with Crippen LogP contribution in [-0.4, -0.2) is 41.5 Å². The molecule has 1 aromatic carbocycles. The molecule has 0 radical (unpaired) electrons. The van der Waals surface area contributed by atoms with Crippen LogP contribution in [-0.2, 0) is 6.54 Å². The van der Waals surface area contributed by atoms with E-state index in [9.17, 15) is 4.39 Å². The van der Waals surface area contributed by atoms with E-state index in [2.05, 4.69) is 33.7 Å². The number of anilines is 1. The average Bonchev–Trinajstić information content (AvgIpc) is 3.27. The lowest BCUT2D eigenvalue weighted by Crippen LogP contribution is -2.28. The topological polar surface area (TPSA) is 45.4 Å². The summed E-state index contributed by atoms with van der Waals surface area (Å²) in [6.07, 6.45) is 1.11. The first-order valence-electron chi connectivity index (χ1n) is 8.47. The molecule has 0 saturated carbocycles. The van der Waals surface area contributed by atoms with Crippen molar-refractivity contribution in [3.8, 4) is 0 Å². The number of rotatable bonds is 5. The summed E-state index contributed by atoms with van der Waals surface area (Å²) in [5.74, 6) is 0.289. The van der Waals surface area contributed by atoms with Crippen LogP contribution in [0.15, 0.2) is 28.1 Å². The molecule has 132 valence electrons. The van der Waals surface area contributed by atoms with Crippen LogP contribution in [0.2, 0.25) is 0 Å². The van der Waals surface area contributed by atoms with E-state index < -0.39 is 0 Å². The van der Waals surface area contributed by atoms with Gasteiger partial charge in [-0.05, 0) is 38.4 Å². The minimum atomic E-state index is -0.286. The first kappa shape index (κ1) is 16.5. The third kappa shape index (κ3) is 3.52. The Labute approximate surface area is 150 Å². The number of nitrogens with zero attached hydrogens (tertiary/aromatic N) is 4. The molecule has 4 rings (SSSR count). The fraction of sp³-hybridized carbons (Fsp3) is 0.444. The van der Waals surface area contributed by atoms with Gasteiger partial charge in [-0.15, -0.1) is 11.3 Å². The lowest BCUT2D eigenvalue weighted by Gasteiger charge is -2.20. The lowest BCUT2D eigenvalue weighted by atomic mass is 10.1. The number of aryl methyl sites for hydroxylation is 1. The van der Waals surface area contributed by atoms with E-state index in [0.717, 1.165) is 38.3 Å². The average molecular weight is 360 g/mol. The van der Waals surface area contributed by atoms with Crippen LogP contribution >= 0.6 is 11.3 Å². The van der Waals surface area contributed by atoms with Gasteiger partial charge in [0, 0.05) is 37.1 Å². The highest BCUT2D eigenvalue weighted by molar-refractivity contribution is 7.09. The summed E-state index contributed by atoms with van der Waals surface area (Å²) in [6.45, 7) is 5.87. The number of thiazole rings is 1. The molecule has 3 aromatic rings. The maximum atomic E-state index is 13.3. The van der Waals surface area contributed by atoms with Gasteiger partial charge in [-0.1, -0.05) is 0 Å². The number of aromatic nitrogens is 2. The van der Waals surface area contributed by atoms with Crippen LogP contribution in [0.4, 0.5) is 10.4 Å². The Bertz CT molecular complexity index is 877. The molecule has 5 nitrogen and oxygen atoms in total. The molecule has 1 aliphatic heterocycles. The fourth-order valence-electron chi connectivity index (χ4n) is 3.41. The molecule has 1 aliphatic rings. The second-order valence-electron chi connectivity index (χ2n) is 6.77. The van der Waals surface area contributed by atoms with Crippen LogP contribution < -0.4 is 4.90 Å². The van der Waals surface area contributed by atoms with E-state index in [1.165, 1.54) is 17.0 Å². The van der Waals surface area contributed by atoms with Crippen molar-refractivity contribution in [2.24, 2.45) is 5.92 Å². The summed E-state index contributed by atoms with van der Waals surface area (Å²) in [6, 6.07) is 5.06. The molecule has 0 unspecified atom stereocenters. The van der Waals surface area contributed by atoms with E-state index in [0.29, 0.717) is 23.0 Å². The van der Waals surface area contributed by atoms with E-state index >= 15 is 0 Å². The number of hydrogen-bond acceptors (Lipinski definition) is 6. The van der Waals surface area contributed by atoms with Crippen molar-refractivity contribution >= 4 is 28.5 Å². The molecule has 25 heavy (non-hydrogen) atoms. The van der Waals surface area contributed by atoms with Gasteiger partial charge in [-0.2, -0.15) is 4.98 Å². The summed E-state index contributed by atoms with van der Waals surface area (Å²) < 4.78 is 19.1. The van der Waals surface area contributed by atoms with E-state index in [1.54, 1.807) is 17.4 Å². The zero-order valence-electron chi connectivity index (χ0n) is 14.4. The number of hydrogen-bond donors (Lipinski definition) is 0. The zero-order chi connectivity index (χ0) is 17.4. The number of halogens is 1. The number of fused-ring (bicyclic) bond motifs is 1. The van der Waals surface area contributed by atoms with Gasteiger partial charge in [-0.3, -0.25) is 0 Å². The highest BCUT2D eigenvalue weighted by Crippen LogP contribution is 2.28. The zero-order valence-corrected chi connectivity index (χ0v) is 15.2. The summed E-state index contributed by atoms with van der Waals surface area (Å²) in [5.41, 5.74) is 4.25. The van der Waals surface area contributed by atoms with Crippen LogP contribution in [0.1, 0.15) is 17.0 Å². The van der Waals surface area contributed by atoms with Crippen molar-refractivity contribution in [1.29, 1.82) is 0 Å². The van der Waals surface area contributed by atoms with Gasteiger partial charge in [0.15, 0.2) is 5.58 Å². The Hall–Kier alpha value is -1.99. The molecule has 0 N–H and O–H groups in total. The van der Waals surface area contributed by atoms with Crippen molar-refractivity contribution in [1.82, 2.24) is 14.9 Å². The van der Waals surface area contributed by atoms with Gasteiger partial charge in [-0.25, -0.2) is 9.37 Å². The van der Waals surface area contributed by atoms with Crippen molar-refractivity contribution in [2.75, 3.05) is 31.6 Å². The molecule has 1 atom stereocenters. The molecule has 7 heteroatoms. The Morgan fingerprint density at radius 2 is 2.32 bits per heavy atom. The Morgan fingerprint density at radius 1 is 1.44 bits per heavy atom. The van der Waals surface area contributed by atoms with Crippen molar-refractivity contribution in [3.05, 3.63) is 40.1 Å². The van der Waals surface area contributed by atoms with E-state index in [1.807, 2.05) is 5.51 Å². The second-order valence-corrected chi connectivity index (χ2v) is 7.71. The molecular formula is C18H21FN4OS. The molecule has 2 aromatic heterocycles. The maximum absolute atomic E-state index is 13.3. The largest absolute Gasteiger partial charge is 0.423 e. The van der Waals surface area contributed by atoms with Gasteiger partial charge in [0.25, 0.3) is 6.01 Å². The molecule has 0 bridgehead atoms.